The van der Waals surface area contributed by atoms with Crippen LogP contribution in [0.1, 0.15) is 44.4 Å². The summed E-state index contributed by atoms with van der Waals surface area (Å²) in [5.41, 5.74) is 5.01. The molecule has 4 N–H and O–H groups in total. The van der Waals surface area contributed by atoms with Gasteiger partial charge in [0, 0.05) is 24.2 Å². The molecule has 2 rings (SSSR count). The van der Waals surface area contributed by atoms with Gasteiger partial charge in [-0.15, -0.1) is 23.7 Å². The monoisotopic (exact) mass is 332 g/mol. The maximum atomic E-state index is 12.2. The van der Waals surface area contributed by atoms with Crippen LogP contribution in [-0.2, 0) is 11.3 Å². The predicted molar refractivity (Wildman–Crippen MR) is 89.7 cm³/mol. The van der Waals surface area contributed by atoms with Gasteiger partial charge in [0.05, 0.1) is 5.54 Å². The van der Waals surface area contributed by atoms with E-state index in [9.17, 15) is 4.79 Å². The smallest absolute Gasteiger partial charge is 0.239 e. The van der Waals surface area contributed by atoms with Gasteiger partial charge in [-0.05, 0) is 32.6 Å². The number of anilines is 1. The van der Waals surface area contributed by atoms with Gasteiger partial charge in [0.15, 0.2) is 5.13 Å². The summed E-state index contributed by atoms with van der Waals surface area (Å²) >= 11 is 1.45. The van der Waals surface area contributed by atoms with Crippen molar-refractivity contribution in [1.29, 1.82) is 0 Å². The molecule has 1 aromatic rings. The van der Waals surface area contributed by atoms with E-state index in [1.54, 1.807) is 6.20 Å². The second-order valence-corrected chi connectivity index (χ2v) is 7.15. The highest BCUT2D eigenvalue weighted by Crippen LogP contribution is 2.24. The molecule has 1 aromatic heterocycles. The van der Waals surface area contributed by atoms with Gasteiger partial charge in [-0.25, -0.2) is 4.98 Å². The average molecular weight is 333 g/mol. The van der Waals surface area contributed by atoms with Crippen LogP contribution in [0.3, 0.4) is 0 Å². The van der Waals surface area contributed by atoms with E-state index >= 15 is 0 Å². The van der Waals surface area contributed by atoms with Crippen molar-refractivity contribution in [3.63, 3.8) is 0 Å². The first-order valence-corrected chi connectivity index (χ1v) is 8.02. The second kappa shape index (κ2) is 7.96. The molecule has 1 heterocycles. The van der Waals surface area contributed by atoms with Crippen LogP contribution in [0.4, 0.5) is 5.13 Å². The van der Waals surface area contributed by atoms with Crippen molar-refractivity contribution in [2.45, 2.75) is 51.6 Å². The SMILES string of the molecule is CC(C)(NCc1cnc(N)s1)C(=O)NCC1CCCC1.Cl. The van der Waals surface area contributed by atoms with E-state index in [4.69, 9.17) is 5.73 Å². The fraction of sp³-hybridized carbons (Fsp3) is 0.714. The number of amides is 1. The summed E-state index contributed by atoms with van der Waals surface area (Å²) in [6, 6.07) is 0. The van der Waals surface area contributed by atoms with Gasteiger partial charge in [0.1, 0.15) is 0 Å². The van der Waals surface area contributed by atoms with E-state index in [1.165, 1.54) is 37.0 Å². The molecule has 0 unspecified atom stereocenters. The number of thiazole rings is 1. The van der Waals surface area contributed by atoms with Gasteiger partial charge in [-0.1, -0.05) is 12.8 Å². The summed E-state index contributed by atoms with van der Waals surface area (Å²) in [6.45, 7) is 5.22. The van der Waals surface area contributed by atoms with Gasteiger partial charge in [-0.2, -0.15) is 0 Å². The number of hydrogen-bond donors (Lipinski definition) is 3. The zero-order valence-electron chi connectivity index (χ0n) is 12.6. The van der Waals surface area contributed by atoms with Gasteiger partial charge in [0.25, 0.3) is 0 Å². The summed E-state index contributed by atoms with van der Waals surface area (Å²) in [6.07, 6.45) is 6.84. The molecule has 1 aliphatic carbocycles. The number of aromatic nitrogens is 1. The second-order valence-electron chi connectivity index (χ2n) is 6.00. The molecule has 1 fully saturated rings. The Morgan fingerprint density at radius 3 is 2.71 bits per heavy atom. The number of halogens is 1. The Morgan fingerprint density at radius 2 is 2.14 bits per heavy atom. The van der Waals surface area contributed by atoms with Crippen molar-refractivity contribution in [1.82, 2.24) is 15.6 Å². The molecular weight excluding hydrogens is 308 g/mol. The van der Waals surface area contributed by atoms with Crippen LogP contribution in [0.2, 0.25) is 0 Å². The zero-order valence-corrected chi connectivity index (χ0v) is 14.3. The van der Waals surface area contributed by atoms with Gasteiger partial charge >= 0.3 is 0 Å². The molecule has 0 atom stereocenters. The molecule has 5 nitrogen and oxygen atoms in total. The van der Waals surface area contributed by atoms with Crippen molar-refractivity contribution in [2.75, 3.05) is 12.3 Å². The first kappa shape index (κ1) is 18.2. The molecule has 1 aliphatic rings. The van der Waals surface area contributed by atoms with E-state index in [2.05, 4.69) is 15.6 Å². The van der Waals surface area contributed by atoms with Crippen molar-refractivity contribution in [3.8, 4) is 0 Å². The van der Waals surface area contributed by atoms with Gasteiger partial charge in [-0.3, -0.25) is 10.1 Å². The fourth-order valence-electron chi connectivity index (χ4n) is 2.47. The first-order chi connectivity index (χ1) is 9.47. The number of nitrogens with zero attached hydrogens (tertiary/aromatic N) is 1. The van der Waals surface area contributed by atoms with Crippen LogP contribution >= 0.6 is 23.7 Å². The van der Waals surface area contributed by atoms with Crippen LogP contribution in [0, 0.1) is 5.92 Å². The maximum absolute atomic E-state index is 12.2. The topological polar surface area (TPSA) is 80.0 Å². The Hall–Kier alpha value is -0.850. The number of hydrogen-bond acceptors (Lipinski definition) is 5. The van der Waals surface area contributed by atoms with Crippen molar-refractivity contribution in [2.24, 2.45) is 5.92 Å². The number of carbonyl (C=O) groups excluding carboxylic acids is 1. The van der Waals surface area contributed by atoms with Gasteiger partial charge < -0.3 is 11.1 Å². The summed E-state index contributed by atoms with van der Waals surface area (Å²) in [5.74, 6) is 0.720. The molecule has 0 saturated heterocycles. The Balaban J connectivity index is 0.00000220. The molecule has 0 spiro atoms. The third kappa shape index (κ3) is 5.45. The Morgan fingerprint density at radius 1 is 1.48 bits per heavy atom. The van der Waals surface area contributed by atoms with Gasteiger partial charge in [0.2, 0.25) is 5.91 Å². The zero-order chi connectivity index (χ0) is 14.6. The molecule has 1 amide bonds. The lowest BCUT2D eigenvalue weighted by Gasteiger charge is -2.25. The van der Waals surface area contributed by atoms with Crippen molar-refractivity contribution >= 4 is 34.8 Å². The molecule has 0 radical (unpaired) electrons. The highest BCUT2D eigenvalue weighted by atomic mass is 35.5. The van der Waals surface area contributed by atoms with Crippen LogP contribution in [0.25, 0.3) is 0 Å². The first-order valence-electron chi connectivity index (χ1n) is 7.21. The van der Waals surface area contributed by atoms with E-state index in [1.807, 2.05) is 13.8 Å². The molecule has 7 heteroatoms. The Labute approximate surface area is 136 Å². The van der Waals surface area contributed by atoms with E-state index < -0.39 is 5.54 Å². The number of nitrogens with two attached hydrogens (primary N) is 1. The number of rotatable bonds is 6. The van der Waals surface area contributed by atoms with E-state index in [0.29, 0.717) is 17.6 Å². The summed E-state index contributed by atoms with van der Waals surface area (Å²) in [4.78, 5) is 17.3. The van der Waals surface area contributed by atoms with Crippen LogP contribution in [0.15, 0.2) is 6.20 Å². The lowest BCUT2D eigenvalue weighted by atomic mass is 10.0. The molecule has 1 saturated carbocycles. The summed E-state index contributed by atoms with van der Waals surface area (Å²) < 4.78 is 0. The highest BCUT2D eigenvalue weighted by Gasteiger charge is 2.27. The van der Waals surface area contributed by atoms with E-state index in [-0.39, 0.29) is 18.3 Å². The Kier molecular flexibility index (Phi) is 6.90. The maximum Gasteiger partial charge on any atom is 0.239 e. The summed E-state index contributed by atoms with van der Waals surface area (Å²) in [5, 5.41) is 6.90. The van der Waals surface area contributed by atoms with Crippen LogP contribution in [-0.4, -0.2) is 23.0 Å². The van der Waals surface area contributed by atoms with E-state index in [0.717, 1.165) is 11.4 Å². The summed E-state index contributed by atoms with van der Waals surface area (Å²) in [7, 11) is 0. The third-order valence-corrected chi connectivity index (χ3v) is 4.70. The minimum atomic E-state index is -0.586. The highest BCUT2D eigenvalue weighted by molar-refractivity contribution is 7.15. The van der Waals surface area contributed by atoms with Crippen LogP contribution < -0.4 is 16.4 Å². The molecule has 0 aromatic carbocycles. The number of carbonyl (C=O) groups is 1. The van der Waals surface area contributed by atoms with Crippen molar-refractivity contribution < 1.29 is 4.79 Å². The largest absolute Gasteiger partial charge is 0.375 e. The fourth-order valence-corrected chi connectivity index (χ4v) is 3.09. The molecule has 0 aliphatic heterocycles. The standard InChI is InChI=1S/C14H24N4OS.ClH/c1-14(2,18-9-11-8-17-13(15)20-11)12(19)16-7-10-5-3-4-6-10;/h8,10,18H,3-7,9H2,1-2H3,(H2,15,17)(H,16,19);1H. The minimum absolute atomic E-state index is 0. The molecule has 120 valence electrons. The predicted octanol–water partition coefficient (Wildman–Crippen LogP) is 2.32. The molecule has 21 heavy (non-hydrogen) atoms. The number of nitrogen functional groups attached to an aromatic ring is 1. The normalized spacial score (nSPS) is 15.7. The molecule has 0 bridgehead atoms. The Bertz CT molecular complexity index is 458. The molecular formula is C14H25ClN4OS. The average Bonchev–Trinajstić information content (AvgIpc) is 3.05. The lowest BCUT2D eigenvalue weighted by molar-refractivity contribution is -0.126. The van der Waals surface area contributed by atoms with Crippen molar-refractivity contribution in [3.05, 3.63) is 11.1 Å². The lowest BCUT2D eigenvalue weighted by Crippen LogP contribution is -2.52. The number of nitrogens with one attached hydrogen (secondary N) is 2. The third-order valence-electron chi connectivity index (χ3n) is 3.87. The minimum Gasteiger partial charge on any atom is -0.375 e. The quantitative estimate of drug-likeness (QED) is 0.747. The van der Waals surface area contributed by atoms with Crippen LogP contribution in [0.5, 0.6) is 0 Å².